The number of rotatable bonds is 3. The standard InChI is InChI=1S/C29H43NO6S/c1-6-21-26(33)17(2)9-7-10-28(5)24(36-28)14-22(18(3)13-20-16-37-19(4)30-20)35-25(32)15-23(31)29(27(21)34)11-8-12-29/h13,16-17,21-24,26,31,33H,6-12,14-15H2,1-5H3/t17-,21+,22-,23-,24+,26-,28+/m0/s1. The topological polar surface area (TPSA) is 109 Å². The van der Waals surface area contributed by atoms with Crippen molar-refractivity contribution in [3.8, 4) is 0 Å². The number of cyclic esters (lactones) is 1. The van der Waals surface area contributed by atoms with Gasteiger partial charge in [-0.05, 0) is 70.4 Å². The fraction of sp³-hybridized carbons (Fsp3) is 0.759. The lowest BCUT2D eigenvalue weighted by Gasteiger charge is -2.46. The molecule has 2 aliphatic heterocycles. The molecule has 0 radical (unpaired) electrons. The molecule has 0 aromatic carbocycles. The molecule has 1 aliphatic carbocycles. The number of aliphatic hydroxyl groups is 2. The Bertz CT molecular complexity index is 1020. The molecule has 37 heavy (non-hydrogen) atoms. The maximum absolute atomic E-state index is 13.7. The minimum atomic E-state index is -1.13. The molecular weight excluding hydrogens is 490 g/mol. The van der Waals surface area contributed by atoms with Crippen LogP contribution < -0.4 is 0 Å². The Morgan fingerprint density at radius 1 is 1.24 bits per heavy atom. The van der Waals surface area contributed by atoms with E-state index in [2.05, 4.69) is 11.9 Å². The second-order valence-corrected chi connectivity index (χ2v) is 12.8. The first kappa shape index (κ1) is 28.4. The second-order valence-electron chi connectivity index (χ2n) is 11.8. The highest BCUT2D eigenvalue weighted by Crippen LogP contribution is 2.49. The maximum Gasteiger partial charge on any atom is 0.309 e. The number of hydrogen-bond acceptors (Lipinski definition) is 8. The number of fused-ring (bicyclic) bond motifs is 1. The number of epoxide rings is 1. The predicted octanol–water partition coefficient (Wildman–Crippen LogP) is 5.01. The van der Waals surface area contributed by atoms with E-state index in [1.54, 1.807) is 11.3 Å². The van der Waals surface area contributed by atoms with Gasteiger partial charge in [-0.3, -0.25) is 9.59 Å². The van der Waals surface area contributed by atoms with E-state index in [4.69, 9.17) is 9.47 Å². The number of aromatic nitrogens is 1. The van der Waals surface area contributed by atoms with E-state index >= 15 is 0 Å². The highest BCUT2D eigenvalue weighted by molar-refractivity contribution is 7.09. The Morgan fingerprint density at radius 3 is 2.57 bits per heavy atom. The fourth-order valence-electron chi connectivity index (χ4n) is 6.26. The van der Waals surface area contributed by atoms with E-state index in [0.717, 1.165) is 42.0 Å². The summed E-state index contributed by atoms with van der Waals surface area (Å²) in [5, 5.41) is 25.3. The van der Waals surface area contributed by atoms with Crippen molar-refractivity contribution in [3.63, 3.8) is 0 Å². The van der Waals surface area contributed by atoms with E-state index < -0.39 is 35.6 Å². The molecule has 3 heterocycles. The number of hydrogen-bond donors (Lipinski definition) is 2. The van der Waals surface area contributed by atoms with Crippen molar-refractivity contribution in [2.75, 3.05) is 0 Å². The van der Waals surface area contributed by atoms with Crippen LogP contribution in [0, 0.1) is 24.2 Å². The second kappa shape index (κ2) is 11.2. The first-order valence-electron chi connectivity index (χ1n) is 13.9. The van der Waals surface area contributed by atoms with Gasteiger partial charge in [0, 0.05) is 17.7 Å². The third-order valence-corrected chi connectivity index (χ3v) is 9.89. The molecule has 0 amide bonds. The summed E-state index contributed by atoms with van der Waals surface area (Å²) < 4.78 is 12.1. The summed E-state index contributed by atoms with van der Waals surface area (Å²) in [6.45, 7) is 9.90. The summed E-state index contributed by atoms with van der Waals surface area (Å²) >= 11 is 1.57. The number of aryl methyl sites for hydroxylation is 1. The SMILES string of the molecule is CC[C@H]1C(=O)C2(CCC2)[C@@H](O)CC(=O)O[C@H](C(C)=Cc2csc(C)n2)C[C@H]2O[C@]2(C)CCC[C@H](C)[C@@H]1O. The van der Waals surface area contributed by atoms with E-state index in [9.17, 15) is 19.8 Å². The monoisotopic (exact) mass is 533 g/mol. The molecule has 206 valence electrons. The number of ketones is 1. The Balaban J connectivity index is 1.59. The van der Waals surface area contributed by atoms with Crippen molar-refractivity contribution in [2.24, 2.45) is 17.3 Å². The number of carbonyl (C=O) groups excluding carboxylic acids is 2. The molecule has 1 aromatic heterocycles. The molecule has 0 unspecified atom stereocenters. The number of carbonyl (C=O) groups is 2. The Labute approximate surface area is 224 Å². The van der Waals surface area contributed by atoms with Crippen molar-refractivity contribution in [2.45, 2.75) is 122 Å². The molecule has 0 bridgehead atoms. The number of esters is 1. The average molecular weight is 534 g/mol. The van der Waals surface area contributed by atoms with Gasteiger partial charge in [0.1, 0.15) is 11.9 Å². The van der Waals surface area contributed by atoms with Crippen molar-refractivity contribution in [1.29, 1.82) is 0 Å². The quantitative estimate of drug-likeness (QED) is 0.415. The van der Waals surface area contributed by atoms with Crippen LogP contribution in [0.3, 0.4) is 0 Å². The zero-order chi connectivity index (χ0) is 27.0. The highest BCUT2D eigenvalue weighted by Gasteiger charge is 2.55. The first-order valence-corrected chi connectivity index (χ1v) is 14.7. The van der Waals surface area contributed by atoms with Gasteiger partial charge < -0.3 is 19.7 Å². The van der Waals surface area contributed by atoms with Crippen LogP contribution in [0.1, 0.15) is 96.2 Å². The molecule has 4 rings (SSSR count). The van der Waals surface area contributed by atoms with E-state index in [-0.39, 0.29) is 29.8 Å². The third-order valence-electron chi connectivity index (χ3n) is 9.10. The lowest BCUT2D eigenvalue weighted by atomic mass is 9.58. The molecule has 8 heteroatoms. The van der Waals surface area contributed by atoms with E-state index in [0.29, 0.717) is 25.7 Å². The van der Waals surface area contributed by atoms with Gasteiger partial charge in [-0.15, -0.1) is 11.3 Å². The van der Waals surface area contributed by atoms with Crippen molar-refractivity contribution < 1.29 is 29.3 Å². The van der Waals surface area contributed by atoms with Crippen LogP contribution in [-0.4, -0.2) is 57.0 Å². The molecule has 1 spiro atoms. The number of Topliss-reactive ketones (excluding diaryl/α,β-unsaturated/α-hetero) is 1. The molecule has 3 fully saturated rings. The molecular formula is C29H43NO6S. The average Bonchev–Trinajstić information content (AvgIpc) is 3.24. The van der Waals surface area contributed by atoms with Crippen molar-refractivity contribution in [1.82, 2.24) is 4.98 Å². The number of aliphatic hydroxyl groups excluding tert-OH is 2. The lowest BCUT2D eigenvalue weighted by molar-refractivity contribution is -0.162. The van der Waals surface area contributed by atoms with Crippen LogP contribution in [-0.2, 0) is 19.1 Å². The zero-order valence-corrected chi connectivity index (χ0v) is 23.7. The van der Waals surface area contributed by atoms with Gasteiger partial charge in [0.25, 0.3) is 0 Å². The van der Waals surface area contributed by atoms with Crippen LogP contribution in [0.5, 0.6) is 0 Å². The van der Waals surface area contributed by atoms with E-state index in [1.165, 1.54) is 0 Å². The minimum absolute atomic E-state index is 0.0354. The Hall–Kier alpha value is -1.61. The Kier molecular flexibility index (Phi) is 8.63. The minimum Gasteiger partial charge on any atom is -0.458 e. The van der Waals surface area contributed by atoms with Gasteiger partial charge >= 0.3 is 5.97 Å². The summed E-state index contributed by atoms with van der Waals surface area (Å²) in [5.74, 6) is -1.21. The van der Waals surface area contributed by atoms with Gasteiger partial charge in [-0.25, -0.2) is 4.98 Å². The molecule has 2 N–H and O–H groups in total. The maximum atomic E-state index is 13.7. The molecule has 1 saturated carbocycles. The Morgan fingerprint density at radius 2 is 1.97 bits per heavy atom. The number of thiazole rings is 1. The van der Waals surface area contributed by atoms with Crippen molar-refractivity contribution >= 4 is 29.2 Å². The number of ether oxygens (including phenoxy) is 2. The first-order chi connectivity index (χ1) is 17.5. The predicted molar refractivity (Wildman–Crippen MR) is 143 cm³/mol. The highest BCUT2D eigenvalue weighted by atomic mass is 32.1. The number of nitrogens with zero attached hydrogens (tertiary/aromatic N) is 1. The summed E-state index contributed by atoms with van der Waals surface area (Å²) in [5.41, 5.74) is 0.442. The summed E-state index contributed by atoms with van der Waals surface area (Å²) in [7, 11) is 0. The van der Waals surface area contributed by atoms with Crippen molar-refractivity contribution in [3.05, 3.63) is 21.7 Å². The van der Waals surface area contributed by atoms with Crippen LogP contribution >= 0.6 is 11.3 Å². The molecule has 7 nitrogen and oxygen atoms in total. The van der Waals surface area contributed by atoms with Crippen LogP contribution in [0.15, 0.2) is 11.0 Å². The largest absolute Gasteiger partial charge is 0.458 e. The van der Waals surface area contributed by atoms with Gasteiger partial charge in [0.2, 0.25) is 0 Å². The van der Waals surface area contributed by atoms with Gasteiger partial charge in [-0.2, -0.15) is 0 Å². The van der Waals surface area contributed by atoms with Crippen LogP contribution in [0.25, 0.3) is 6.08 Å². The molecule has 1 aromatic rings. The molecule has 2 saturated heterocycles. The molecule has 3 aliphatic rings. The van der Waals surface area contributed by atoms with Gasteiger partial charge in [0.15, 0.2) is 0 Å². The van der Waals surface area contributed by atoms with E-state index in [1.807, 2.05) is 39.2 Å². The van der Waals surface area contributed by atoms with Gasteiger partial charge in [-0.1, -0.05) is 26.7 Å². The zero-order valence-electron chi connectivity index (χ0n) is 22.9. The van der Waals surface area contributed by atoms with Crippen LogP contribution in [0.4, 0.5) is 0 Å². The molecule has 7 atom stereocenters. The summed E-state index contributed by atoms with van der Waals surface area (Å²) in [4.78, 5) is 31.4. The summed E-state index contributed by atoms with van der Waals surface area (Å²) in [6.07, 6.45) is 4.74. The smallest absolute Gasteiger partial charge is 0.309 e. The normalized spacial score (nSPS) is 37.5. The lowest BCUT2D eigenvalue weighted by Crippen LogP contribution is -2.53. The van der Waals surface area contributed by atoms with Crippen LogP contribution in [0.2, 0.25) is 0 Å². The summed E-state index contributed by atoms with van der Waals surface area (Å²) in [6, 6.07) is 0. The fourth-order valence-corrected chi connectivity index (χ4v) is 6.83. The van der Waals surface area contributed by atoms with Gasteiger partial charge in [0.05, 0.1) is 46.5 Å². The third kappa shape index (κ3) is 6.02.